The molecule has 0 saturated heterocycles. The molecule has 2 nitrogen and oxygen atoms in total. The van der Waals surface area contributed by atoms with Crippen LogP contribution < -0.4 is 10.5 Å². The minimum atomic E-state index is -0.719. The molecule has 2 rings (SSSR count). The van der Waals surface area contributed by atoms with Crippen LogP contribution in [0, 0.1) is 18.6 Å². The molecule has 2 N–H and O–H groups in total. The minimum Gasteiger partial charge on any atom is -0.497 e. The Bertz CT molecular complexity index is 596. The van der Waals surface area contributed by atoms with Gasteiger partial charge in [0.25, 0.3) is 0 Å². The van der Waals surface area contributed by atoms with Crippen molar-refractivity contribution in [3.8, 4) is 5.75 Å². The lowest BCUT2D eigenvalue weighted by Crippen LogP contribution is -2.17. The zero-order valence-electron chi connectivity index (χ0n) is 11.5. The number of hydrogen-bond acceptors (Lipinski definition) is 2. The van der Waals surface area contributed by atoms with Crippen LogP contribution in [0.3, 0.4) is 0 Å². The van der Waals surface area contributed by atoms with Crippen molar-refractivity contribution < 1.29 is 13.5 Å². The quantitative estimate of drug-likeness (QED) is 0.928. The molecule has 0 aliphatic heterocycles. The van der Waals surface area contributed by atoms with E-state index >= 15 is 0 Å². The van der Waals surface area contributed by atoms with E-state index in [4.69, 9.17) is 10.5 Å². The van der Waals surface area contributed by atoms with Crippen LogP contribution in [0.25, 0.3) is 0 Å². The molecule has 0 aliphatic carbocycles. The molecule has 0 heterocycles. The minimum absolute atomic E-state index is 0.0548. The van der Waals surface area contributed by atoms with E-state index in [-0.39, 0.29) is 5.56 Å². The van der Waals surface area contributed by atoms with E-state index in [1.54, 1.807) is 26.2 Å². The topological polar surface area (TPSA) is 35.2 Å². The van der Waals surface area contributed by atoms with E-state index in [0.717, 1.165) is 11.3 Å². The molecule has 0 amide bonds. The molecule has 4 heteroatoms. The highest BCUT2D eigenvalue weighted by atomic mass is 19.1. The van der Waals surface area contributed by atoms with Gasteiger partial charge in [-0.3, -0.25) is 0 Å². The molecule has 1 unspecified atom stereocenters. The third-order valence-corrected chi connectivity index (χ3v) is 3.31. The molecule has 2 aromatic carbocycles. The third-order valence-electron chi connectivity index (χ3n) is 3.31. The fourth-order valence-electron chi connectivity index (χ4n) is 2.14. The largest absolute Gasteiger partial charge is 0.497 e. The second-order valence-corrected chi connectivity index (χ2v) is 4.75. The number of halogens is 2. The second kappa shape index (κ2) is 6.01. The van der Waals surface area contributed by atoms with Crippen LogP contribution in [0.15, 0.2) is 36.4 Å². The maximum atomic E-state index is 14.0. The van der Waals surface area contributed by atoms with E-state index in [2.05, 4.69) is 0 Å². The van der Waals surface area contributed by atoms with Crippen LogP contribution in [-0.4, -0.2) is 7.11 Å². The molecular weight excluding hydrogens is 260 g/mol. The predicted octanol–water partition coefficient (Wildman–Crippen LogP) is 3.52. The van der Waals surface area contributed by atoms with E-state index < -0.39 is 17.7 Å². The van der Waals surface area contributed by atoms with Crippen LogP contribution >= 0.6 is 0 Å². The zero-order valence-corrected chi connectivity index (χ0v) is 11.5. The molecule has 1 atom stereocenters. The Labute approximate surface area is 117 Å². The first-order valence-corrected chi connectivity index (χ1v) is 6.36. The van der Waals surface area contributed by atoms with E-state index in [0.29, 0.717) is 12.0 Å². The molecule has 0 fully saturated rings. The Hall–Kier alpha value is -1.94. The normalized spacial score (nSPS) is 12.2. The van der Waals surface area contributed by atoms with Gasteiger partial charge in [0.2, 0.25) is 0 Å². The summed E-state index contributed by atoms with van der Waals surface area (Å²) in [5.41, 5.74) is 7.20. The monoisotopic (exact) mass is 277 g/mol. The fraction of sp³-hybridized carbons (Fsp3) is 0.250. The van der Waals surface area contributed by atoms with Crippen LogP contribution in [-0.2, 0) is 6.42 Å². The van der Waals surface area contributed by atoms with Crippen molar-refractivity contribution in [2.45, 2.75) is 19.4 Å². The molecule has 0 saturated carbocycles. The average Bonchev–Trinajstić information content (AvgIpc) is 2.44. The molecule has 0 bridgehead atoms. The van der Waals surface area contributed by atoms with Gasteiger partial charge in [-0.1, -0.05) is 18.2 Å². The maximum Gasteiger partial charge on any atom is 0.133 e. The van der Waals surface area contributed by atoms with Crippen molar-refractivity contribution in [1.82, 2.24) is 0 Å². The Balaban J connectivity index is 2.23. The fourth-order valence-corrected chi connectivity index (χ4v) is 2.14. The van der Waals surface area contributed by atoms with Crippen molar-refractivity contribution in [2.75, 3.05) is 7.11 Å². The number of aryl methyl sites for hydroxylation is 1. The lowest BCUT2D eigenvalue weighted by atomic mass is 9.97. The van der Waals surface area contributed by atoms with E-state index in [9.17, 15) is 8.78 Å². The molecular formula is C16H17F2NO. The highest BCUT2D eigenvalue weighted by Gasteiger charge is 2.18. The first-order chi connectivity index (χ1) is 9.52. The molecule has 2 aromatic rings. The number of ether oxygens (including phenoxy) is 1. The molecule has 0 aromatic heterocycles. The van der Waals surface area contributed by atoms with Gasteiger partial charge in [-0.05, 0) is 42.7 Å². The van der Waals surface area contributed by atoms with Crippen molar-refractivity contribution in [1.29, 1.82) is 0 Å². The Kier molecular flexibility index (Phi) is 4.35. The summed E-state index contributed by atoms with van der Waals surface area (Å²) in [5, 5.41) is 0. The highest BCUT2D eigenvalue weighted by molar-refractivity contribution is 5.32. The molecule has 0 spiro atoms. The predicted molar refractivity (Wildman–Crippen MR) is 74.7 cm³/mol. The van der Waals surface area contributed by atoms with Gasteiger partial charge in [-0.15, -0.1) is 0 Å². The zero-order chi connectivity index (χ0) is 14.7. The summed E-state index contributed by atoms with van der Waals surface area (Å²) in [6, 6.07) is 9.21. The number of methoxy groups -OCH3 is 1. The number of benzene rings is 2. The highest BCUT2D eigenvalue weighted by Crippen LogP contribution is 2.25. The summed E-state index contributed by atoms with van der Waals surface area (Å²) in [6.45, 7) is 1.60. The summed E-state index contributed by atoms with van der Waals surface area (Å²) >= 11 is 0. The number of rotatable bonds is 4. The van der Waals surface area contributed by atoms with Crippen molar-refractivity contribution in [3.05, 3.63) is 64.7 Å². The van der Waals surface area contributed by atoms with Crippen molar-refractivity contribution in [2.24, 2.45) is 5.73 Å². The lowest BCUT2D eigenvalue weighted by molar-refractivity contribution is 0.414. The van der Waals surface area contributed by atoms with Crippen molar-refractivity contribution in [3.63, 3.8) is 0 Å². The Morgan fingerprint density at radius 3 is 2.35 bits per heavy atom. The second-order valence-electron chi connectivity index (χ2n) is 4.75. The van der Waals surface area contributed by atoms with Gasteiger partial charge in [0.05, 0.1) is 7.11 Å². The van der Waals surface area contributed by atoms with Crippen LogP contribution in [0.1, 0.15) is 22.7 Å². The van der Waals surface area contributed by atoms with Gasteiger partial charge in [0, 0.05) is 11.6 Å². The van der Waals surface area contributed by atoms with Gasteiger partial charge < -0.3 is 10.5 Å². The molecule has 20 heavy (non-hydrogen) atoms. The third kappa shape index (κ3) is 2.96. The first kappa shape index (κ1) is 14.5. The Morgan fingerprint density at radius 1 is 1.10 bits per heavy atom. The van der Waals surface area contributed by atoms with Gasteiger partial charge >= 0.3 is 0 Å². The molecule has 106 valence electrons. The van der Waals surface area contributed by atoms with Gasteiger partial charge in [-0.25, -0.2) is 8.78 Å². The Morgan fingerprint density at radius 2 is 1.75 bits per heavy atom. The van der Waals surface area contributed by atoms with Gasteiger partial charge in [0.1, 0.15) is 17.4 Å². The number of nitrogens with two attached hydrogens (primary N) is 1. The average molecular weight is 277 g/mol. The summed E-state index contributed by atoms with van der Waals surface area (Å²) < 4.78 is 32.8. The van der Waals surface area contributed by atoms with Crippen LogP contribution in [0.4, 0.5) is 8.78 Å². The molecule has 0 aliphatic rings. The molecule has 0 radical (unpaired) electrons. The van der Waals surface area contributed by atoms with Gasteiger partial charge in [-0.2, -0.15) is 0 Å². The van der Waals surface area contributed by atoms with Gasteiger partial charge in [0.15, 0.2) is 0 Å². The summed E-state index contributed by atoms with van der Waals surface area (Å²) in [4.78, 5) is 0. The van der Waals surface area contributed by atoms with E-state index in [1.165, 1.54) is 12.1 Å². The van der Waals surface area contributed by atoms with Crippen LogP contribution in [0.2, 0.25) is 0 Å². The SMILES string of the molecule is COc1ccc(CC(N)c2c(F)ccc(C)c2F)cc1. The standard InChI is InChI=1S/C16H17F2NO/c1-10-3-8-13(17)15(16(10)18)14(19)9-11-4-6-12(20-2)7-5-11/h3-8,14H,9,19H2,1-2H3. The lowest BCUT2D eigenvalue weighted by Gasteiger charge is -2.15. The smallest absolute Gasteiger partial charge is 0.133 e. The number of hydrogen-bond donors (Lipinski definition) is 1. The summed E-state index contributed by atoms with van der Waals surface area (Å²) in [7, 11) is 1.58. The van der Waals surface area contributed by atoms with Crippen LogP contribution in [0.5, 0.6) is 5.75 Å². The summed E-state index contributed by atoms with van der Waals surface area (Å²) in [6.07, 6.45) is 0.362. The maximum absolute atomic E-state index is 14.0. The summed E-state index contributed by atoms with van der Waals surface area (Å²) in [5.74, 6) is -0.435. The van der Waals surface area contributed by atoms with Crippen molar-refractivity contribution >= 4 is 0 Å². The van der Waals surface area contributed by atoms with E-state index in [1.807, 2.05) is 12.1 Å². The first-order valence-electron chi connectivity index (χ1n) is 6.36.